The zero-order chi connectivity index (χ0) is 14.8. The molecular formula is C12H11BrFN3O2S. The number of aromatic nitrogens is 1. The van der Waals surface area contributed by atoms with E-state index in [0.717, 1.165) is 0 Å². The van der Waals surface area contributed by atoms with Crippen molar-refractivity contribution in [3.63, 3.8) is 0 Å². The van der Waals surface area contributed by atoms with Crippen LogP contribution in [0, 0.1) is 5.82 Å². The maximum Gasteiger partial charge on any atom is 0.244 e. The van der Waals surface area contributed by atoms with Gasteiger partial charge in [0.05, 0.1) is 0 Å². The molecular weight excluding hydrogens is 349 g/mol. The van der Waals surface area contributed by atoms with E-state index in [9.17, 15) is 12.8 Å². The topological polar surface area (TPSA) is 85.1 Å². The number of hydrogen-bond donors (Lipinski definition) is 2. The molecule has 8 heteroatoms. The summed E-state index contributed by atoms with van der Waals surface area (Å²) < 4.78 is 39.9. The highest BCUT2D eigenvalue weighted by Gasteiger charge is 2.18. The van der Waals surface area contributed by atoms with E-state index in [4.69, 9.17) is 5.73 Å². The molecule has 0 saturated heterocycles. The minimum atomic E-state index is -3.78. The molecule has 1 heterocycles. The molecule has 0 aliphatic carbocycles. The number of rotatable bonds is 4. The largest absolute Gasteiger partial charge is 0.383 e. The molecule has 2 aromatic rings. The van der Waals surface area contributed by atoms with E-state index in [1.165, 1.54) is 36.5 Å². The summed E-state index contributed by atoms with van der Waals surface area (Å²) in [6, 6.07) is 6.90. The van der Waals surface area contributed by atoms with Crippen molar-refractivity contribution in [2.45, 2.75) is 11.4 Å². The molecule has 20 heavy (non-hydrogen) atoms. The predicted octanol–water partition coefficient (Wildman–Crippen LogP) is 2.04. The standard InChI is InChI=1S/C12H11BrFN3O2S/c13-9-5-11(12(15)16-7-9)20(18,19)17-6-8-1-3-10(14)4-2-8/h1-5,7,17H,6H2,(H2,15,16). The number of nitrogens with zero attached hydrogens (tertiary/aromatic N) is 1. The van der Waals surface area contributed by atoms with Crippen LogP contribution in [0.4, 0.5) is 10.2 Å². The maximum absolute atomic E-state index is 12.8. The van der Waals surface area contributed by atoms with Gasteiger partial charge < -0.3 is 5.73 Å². The summed E-state index contributed by atoms with van der Waals surface area (Å²) in [6.07, 6.45) is 1.41. The summed E-state index contributed by atoms with van der Waals surface area (Å²) in [7, 11) is -3.78. The number of pyridine rings is 1. The number of anilines is 1. The van der Waals surface area contributed by atoms with Crippen molar-refractivity contribution in [1.82, 2.24) is 9.71 Å². The molecule has 5 nitrogen and oxygen atoms in total. The van der Waals surface area contributed by atoms with Crippen LogP contribution in [0.3, 0.4) is 0 Å². The van der Waals surface area contributed by atoms with Gasteiger partial charge in [-0.1, -0.05) is 12.1 Å². The van der Waals surface area contributed by atoms with Gasteiger partial charge in [0.2, 0.25) is 10.0 Å². The van der Waals surface area contributed by atoms with Crippen molar-refractivity contribution in [2.75, 3.05) is 5.73 Å². The Labute approximate surface area is 124 Å². The first-order chi connectivity index (χ1) is 9.38. The van der Waals surface area contributed by atoms with Gasteiger partial charge in [-0.3, -0.25) is 0 Å². The molecule has 0 aliphatic heterocycles. The lowest BCUT2D eigenvalue weighted by Crippen LogP contribution is -2.24. The van der Waals surface area contributed by atoms with Crippen LogP contribution in [0.1, 0.15) is 5.56 Å². The minimum Gasteiger partial charge on any atom is -0.383 e. The van der Waals surface area contributed by atoms with Gasteiger partial charge in [0.25, 0.3) is 0 Å². The van der Waals surface area contributed by atoms with Gasteiger partial charge >= 0.3 is 0 Å². The molecule has 0 fully saturated rings. The normalized spacial score (nSPS) is 11.5. The van der Waals surface area contributed by atoms with Crippen molar-refractivity contribution in [2.24, 2.45) is 0 Å². The minimum absolute atomic E-state index is 0.0363. The Balaban J connectivity index is 2.19. The van der Waals surface area contributed by atoms with E-state index in [2.05, 4.69) is 25.6 Å². The second kappa shape index (κ2) is 5.86. The molecule has 3 N–H and O–H groups in total. The number of halogens is 2. The average Bonchev–Trinajstić information content (AvgIpc) is 2.41. The smallest absolute Gasteiger partial charge is 0.244 e. The molecule has 0 spiro atoms. The Morgan fingerprint density at radius 1 is 1.30 bits per heavy atom. The van der Waals surface area contributed by atoms with Gasteiger partial charge in [-0.2, -0.15) is 0 Å². The quantitative estimate of drug-likeness (QED) is 0.874. The van der Waals surface area contributed by atoms with Gasteiger partial charge in [0, 0.05) is 17.2 Å². The number of nitrogen functional groups attached to an aromatic ring is 1. The summed E-state index contributed by atoms with van der Waals surface area (Å²) in [6.45, 7) is 0.0363. The summed E-state index contributed by atoms with van der Waals surface area (Å²) in [4.78, 5) is 3.67. The highest BCUT2D eigenvalue weighted by molar-refractivity contribution is 9.10. The Morgan fingerprint density at radius 3 is 2.60 bits per heavy atom. The van der Waals surface area contributed by atoms with Crippen LogP contribution >= 0.6 is 15.9 Å². The van der Waals surface area contributed by atoms with Gasteiger partial charge in [-0.25, -0.2) is 22.5 Å². The molecule has 0 amide bonds. The third-order valence-electron chi connectivity index (χ3n) is 2.52. The lowest BCUT2D eigenvalue weighted by Gasteiger charge is -2.09. The molecule has 0 radical (unpaired) electrons. The first-order valence-electron chi connectivity index (χ1n) is 5.53. The van der Waals surface area contributed by atoms with Gasteiger partial charge in [-0.15, -0.1) is 0 Å². The van der Waals surface area contributed by atoms with Crippen LogP contribution in [0.2, 0.25) is 0 Å². The van der Waals surface area contributed by atoms with Crippen LogP contribution in [0.5, 0.6) is 0 Å². The van der Waals surface area contributed by atoms with Crippen molar-refractivity contribution >= 4 is 31.8 Å². The Morgan fingerprint density at radius 2 is 1.95 bits per heavy atom. The van der Waals surface area contributed by atoms with Crippen molar-refractivity contribution in [3.8, 4) is 0 Å². The zero-order valence-electron chi connectivity index (χ0n) is 10.2. The second-order valence-electron chi connectivity index (χ2n) is 3.99. The Bertz CT molecular complexity index is 720. The van der Waals surface area contributed by atoms with Crippen LogP contribution in [0.25, 0.3) is 0 Å². The van der Waals surface area contributed by atoms with Crippen LogP contribution in [-0.4, -0.2) is 13.4 Å². The van der Waals surface area contributed by atoms with Crippen molar-refractivity contribution in [3.05, 3.63) is 52.4 Å². The third kappa shape index (κ3) is 3.53. The van der Waals surface area contributed by atoms with Crippen molar-refractivity contribution < 1.29 is 12.8 Å². The van der Waals surface area contributed by atoms with E-state index in [1.54, 1.807) is 0 Å². The van der Waals surface area contributed by atoms with Gasteiger partial charge in [-0.05, 0) is 39.7 Å². The third-order valence-corrected chi connectivity index (χ3v) is 4.38. The lowest BCUT2D eigenvalue weighted by atomic mass is 10.2. The van der Waals surface area contributed by atoms with Gasteiger partial charge in [0.1, 0.15) is 16.5 Å². The zero-order valence-corrected chi connectivity index (χ0v) is 12.6. The molecule has 1 aromatic heterocycles. The maximum atomic E-state index is 12.8. The second-order valence-corrected chi connectivity index (χ2v) is 6.64. The molecule has 2 rings (SSSR count). The first-order valence-corrected chi connectivity index (χ1v) is 7.81. The summed E-state index contributed by atoms with van der Waals surface area (Å²) in [5, 5.41) is 0. The van der Waals surface area contributed by atoms with E-state index in [0.29, 0.717) is 10.0 Å². The number of nitrogens with two attached hydrogens (primary N) is 1. The summed E-state index contributed by atoms with van der Waals surface area (Å²) in [5.41, 5.74) is 6.20. The Hall–Kier alpha value is -1.51. The molecule has 0 aliphatic rings. The monoisotopic (exact) mass is 359 g/mol. The van der Waals surface area contributed by atoms with Crippen LogP contribution < -0.4 is 10.5 Å². The Kier molecular flexibility index (Phi) is 4.36. The molecule has 0 unspecified atom stereocenters. The van der Waals surface area contributed by atoms with E-state index in [-0.39, 0.29) is 23.1 Å². The highest BCUT2D eigenvalue weighted by Crippen LogP contribution is 2.20. The lowest BCUT2D eigenvalue weighted by molar-refractivity contribution is 0.581. The number of benzene rings is 1. The molecule has 0 saturated carbocycles. The van der Waals surface area contributed by atoms with E-state index >= 15 is 0 Å². The fourth-order valence-corrected chi connectivity index (χ4v) is 3.11. The fourth-order valence-electron chi connectivity index (χ4n) is 1.50. The van der Waals surface area contributed by atoms with E-state index < -0.39 is 10.0 Å². The first kappa shape index (κ1) is 14.9. The highest BCUT2D eigenvalue weighted by atomic mass is 79.9. The molecule has 0 atom stereocenters. The number of hydrogen-bond acceptors (Lipinski definition) is 4. The molecule has 1 aromatic carbocycles. The number of sulfonamides is 1. The predicted molar refractivity (Wildman–Crippen MR) is 76.8 cm³/mol. The summed E-state index contributed by atoms with van der Waals surface area (Å²) >= 11 is 3.14. The fraction of sp³-hybridized carbons (Fsp3) is 0.0833. The van der Waals surface area contributed by atoms with Crippen molar-refractivity contribution in [1.29, 1.82) is 0 Å². The average molecular weight is 360 g/mol. The van der Waals surface area contributed by atoms with Crippen LogP contribution in [0.15, 0.2) is 45.9 Å². The SMILES string of the molecule is Nc1ncc(Br)cc1S(=O)(=O)NCc1ccc(F)cc1. The summed E-state index contributed by atoms with van der Waals surface area (Å²) in [5.74, 6) is -0.461. The van der Waals surface area contributed by atoms with E-state index in [1.807, 2.05) is 0 Å². The molecule has 106 valence electrons. The number of nitrogens with one attached hydrogen (secondary N) is 1. The van der Waals surface area contributed by atoms with Crippen LogP contribution in [-0.2, 0) is 16.6 Å². The molecule has 0 bridgehead atoms. The van der Waals surface area contributed by atoms with Gasteiger partial charge in [0.15, 0.2) is 0 Å².